The standard InChI is InChI=1S/C20H22ClN3O2/c1-14-8-10-24(11-9-14)19(25)15-4-2-6-17(12-15)22-20(26)23-18-7-3-5-16(21)13-18/h2-7,12-14H,8-11H2,1H3,(H2,22,23,26). The Morgan fingerprint density at radius 2 is 1.62 bits per heavy atom. The topological polar surface area (TPSA) is 61.4 Å². The van der Waals surface area contributed by atoms with Crippen molar-refractivity contribution in [3.63, 3.8) is 0 Å². The number of nitrogens with zero attached hydrogens (tertiary/aromatic N) is 1. The average molecular weight is 372 g/mol. The lowest BCUT2D eigenvalue weighted by Gasteiger charge is -2.30. The fourth-order valence-corrected chi connectivity index (χ4v) is 3.17. The minimum Gasteiger partial charge on any atom is -0.339 e. The Bertz CT molecular complexity index is 801. The van der Waals surface area contributed by atoms with Crippen LogP contribution in [0.5, 0.6) is 0 Å². The Morgan fingerprint density at radius 3 is 2.27 bits per heavy atom. The van der Waals surface area contributed by atoms with Gasteiger partial charge in [-0.25, -0.2) is 4.79 Å². The van der Waals surface area contributed by atoms with Crippen LogP contribution in [0.4, 0.5) is 16.2 Å². The molecule has 0 aromatic heterocycles. The van der Waals surface area contributed by atoms with Crippen LogP contribution in [-0.2, 0) is 0 Å². The van der Waals surface area contributed by atoms with Crippen molar-refractivity contribution in [1.29, 1.82) is 0 Å². The first-order chi connectivity index (χ1) is 12.5. The van der Waals surface area contributed by atoms with Gasteiger partial charge in [0.25, 0.3) is 5.91 Å². The molecule has 0 aliphatic carbocycles. The van der Waals surface area contributed by atoms with Gasteiger partial charge in [0.2, 0.25) is 0 Å². The van der Waals surface area contributed by atoms with Crippen LogP contribution < -0.4 is 10.6 Å². The van der Waals surface area contributed by atoms with E-state index < -0.39 is 0 Å². The highest BCUT2D eigenvalue weighted by molar-refractivity contribution is 6.30. The first kappa shape index (κ1) is 18.3. The molecule has 3 rings (SSSR count). The Labute approximate surface area is 158 Å². The van der Waals surface area contributed by atoms with Crippen LogP contribution in [0.2, 0.25) is 5.02 Å². The molecule has 1 aliphatic rings. The number of urea groups is 1. The molecule has 0 saturated carbocycles. The number of rotatable bonds is 3. The highest BCUT2D eigenvalue weighted by Gasteiger charge is 2.21. The molecule has 1 heterocycles. The van der Waals surface area contributed by atoms with Gasteiger partial charge >= 0.3 is 6.03 Å². The normalized spacial score (nSPS) is 14.8. The molecule has 136 valence electrons. The highest BCUT2D eigenvalue weighted by atomic mass is 35.5. The summed E-state index contributed by atoms with van der Waals surface area (Å²) >= 11 is 5.91. The van der Waals surface area contributed by atoms with Crippen molar-refractivity contribution >= 4 is 34.9 Å². The summed E-state index contributed by atoms with van der Waals surface area (Å²) in [5.74, 6) is 0.679. The third-order valence-corrected chi connectivity index (χ3v) is 4.76. The number of halogens is 1. The van der Waals surface area contributed by atoms with Crippen LogP contribution in [0.1, 0.15) is 30.1 Å². The number of nitrogens with one attached hydrogen (secondary N) is 2. The third kappa shape index (κ3) is 4.76. The third-order valence-electron chi connectivity index (χ3n) is 4.52. The predicted octanol–water partition coefficient (Wildman–Crippen LogP) is 4.86. The van der Waals surface area contributed by atoms with E-state index in [2.05, 4.69) is 17.6 Å². The molecule has 5 nitrogen and oxygen atoms in total. The highest BCUT2D eigenvalue weighted by Crippen LogP contribution is 2.20. The molecule has 26 heavy (non-hydrogen) atoms. The smallest absolute Gasteiger partial charge is 0.323 e. The first-order valence-electron chi connectivity index (χ1n) is 8.74. The minimum absolute atomic E-state index is 0.01000. The summed E-state index contributed by atoms with van der Waals surface area (Å²) in [4.78, 5) is 26.7. The fourth-order valence-electron chi connectivity index (χ4n) is 2.98. The Morgan fingerprint density at radius 1 is 1.00 bits per heavy atom. The van der Waals surface area contributed by atoms with Crippen molar-refractivity contribution in [2.24, 2.45) is 5.92 Å². The lowest BCUT2D eigenvalue weighted by atomic mass is 9.98. The van der Waals surface area contributed by atoms with E-state index in [9.17, 15) is 9.59 Å². The van der Waals surface area contributed by atoms with E-state index in [1.54, 1.807) is 48.5 Å². The molecule has 0 unspecified atom stereocenters. The van der Waals surface area contributed by atoms with Crippen molar-refractivity contribution in [2.45, 2.75) is 19.8 Å². The van der Waals surface area contributed by atoms with Gasteiger partial charge in [0.15, 0.2) is 0 Å². The molecule has 0 bridgehead atoms. The zero-order chi connectivity index (χ0) is 18.5. The zero-order valence-electron chi connectivity index (χ0n) is 14.7. The number of carbonyl (C=O) groups is 2. The van der Waals surface area contributed by atoms with Crippen molar-refractivity contribution in [1.82, 2.24) is 4.90 Å². The molecule has 0 atom stereocenters. The van der Waals surface area contributed by atoms with E-state index in [1.165, 1.54) is 0 Å². The van der Waals surface area contributed by atoms with Gasteiger partial charge in [0.1, 0.15) is 0 Å². The van der Waals surface area contributed by atoms with Gasteiger partial charge in [-0.1, -0.05) is 30.7 Å². The summed E-state index contributed by atoms with van der Waals surface area (Å²) in [6, 6.07) is 13.5. The monoisotopic (exact) mass is 371 g/mol. The molecule has 2 aromatic carbocycles. The van der Waals surface area contributed by atoms with E-state index >= 15 is 0 Å². The van der Waals surface area contributed by atoms with Gasteiger partial charge in [-0.2, -0.15) is 0 Å². The molecule has 6 heteroatoms. The van der Waals surface area contributed by atoms with Gasteiger partial charge < -0.3 is 15.5 Å². The van der Waals surface area contributed by atoms with Crippen molar-refractivity contribution in [3.05, 3.63) is 59.1 Å². The number of hydrogen-bond donors (Lipinski definition) is 2. The van der Waals surface area contributed by atoms with Gasteiger partial charge in [0, 0.05) is 35.1 Å². The summed E-state index contributed by atoms with van der Waals surface area (Å²) in [5.41, 5.74) is 1.76. The van der Waals surface area contributed by atoms with Crippen LogP contribution in [0.15, 0.2) is 48.5 Å². The number of carbonyl (C=O) groups excluding carboxylic acids is 2. The summed E-state index contributed by atoms with van der Waals surface area (Å²) in [6.07, 6.45) is 2.07. The maximum Gasteiger partial charge on any atom is 0.323 e. The second-order valence-corrected chi connectivity index (χ2v) is 7.08. The predicted molar refractivity (Wildman–Crippen MR) is 105 cm³/mol. The van der Waals surface area contributed by atoms with E-state index in [1.807, 2.05) is 4.90 Å². The van der Waals surface area contributed by atoms with Crippen LogP contribution in [0.3, 0.4) is 0 Å². The maximum absolute atomic E-state index is 12.7. The van der Waals surface area contributed by atoms with Crippen molar-refractivity contribution in [3.8, 4) is 0 Å². The summed E-state index contributed by atoms with van der Waals surface area (Å²) < 4.78 is 0. The SMILES string of the molecule is CC1CCN(C(=O)c2cccc(NC(=O)Nc3cccc(Cl)c3)c2)CC1. The number of piperidine rings is 1. The van der Waals surface area contributed by atoms with E-state index in [-0.39, 0.29) is 11.9 Å². The number of amides is 3. The summed E-state index contributed by atoms with van der Waals surface area (Å²) in [6.45, 7) is 3.78. The van der Waals surface area contributed by atoms with Crippen LogP contribution in [0, 0.1) is 5.92 Å². The molecular weight excluding hydrogens is 350 g/mol. The minimum atomic E-state index is -0.385. The van der Waals surface area contributed by atoms with Crippen LogP contribution in [0.25, 0.3) is 0 Å². The summed E-state index contributed by atoms with van der Waals surface area (Å²) in [5, 5.41) is 6.02. The lowest BCUT2D eigenvalue weighted by molar-refractivity contribution is 0.0697. The number of likely N-dealkylation sites (tertiary alicyclic amines) is 1. The first-order valence-corrected chi connectivity index (χ1v) is 9.12. The van der Waals surface area contributed by atoms with E-state index in [4.69, 9.17) is 11.6 Å². The van der Waals surface area contributed by atoms with Gasteiger partial charge in [-0.3, -0.25) is 4.79 Å². The molecule has 2 N–H and O–H groups in total. The van der Waals surface area contributed by atoms with Crippen molar-refractivity contribution in [2.75, 3.05) is 23.7 Å². The van der Waals surface area contributed by atoms with E-state index in [0.29, 0.717) is 27.9 Å². The number of benzene rings is 2. The summed E-state index contributed by atoms with van der Waals surface area (Å²) in [7, 11) is 0. The molecule has 1 fully saturated rings. The quantitative estimate of drug-likeness (QED) is 0.809. The van der Waals surface area contributed by atoms with Gasteiger partial charge in [0.05, 0.1) is 0 Å². The van der Waals surface area contributed by atoms with Gasteiger partial charge in [-0.05, 0) is 55.2 Å². The molecular formula is C20H22ClN3O2. The van der Waals surface area contributed by atoms with Crippen LogP contribution >= 0.6 is 11.6 Å². The fraction of sp³-hybridized carbons (Fsp3) is 0.300. The number of anilines is 2. The molecule has 0 spiro atoms. The maximum atomic E-state index is 12.7. The number of hydrogen-bond acceptors (Lipinski definition) is 2. The molecule has 1 saturated heterocycles. The second-order valence-electron chi connectivity index (χ2n) is 6.64. The molecule has 3 amide bonds. The largest absolute Gasteiger partial charge is 0.339 e. The van der Waals surface area contributed by atoms with Crippen molar-refractivity contribution < 1.29 is 9.59 Å². The molecule has 1 aliphatic heterocycles. The Balaban J connectivity index is 1.63. The molecule has 2 aromatic rings. The Hall–Kier alpha value is -2.53. The average Bonchev–Trinajstić information content (AvgIpc) is 2.62. The Kier molecular flexibility index (Phi) is 5.78. The second kappa shape index (κ2) is 8.23. The van der Waals surface area contributed by atoms with Gasteiger partial charge in [-0.15, -0.1) is 0 Å². The zero-order valence-corrected chi connectivity index (χ0v) is 15.4. The molecule has 0 radical (unpaired) electrons. The van der Waals surface area contributed by atoms with E-state index in [0.717, 1.165) is 25.9 Å². The van der Waals surface area contributed by atoms with Crippen LogP contribution in [-0.4, -0.2) is 29.9 Å². The lowest BCUT2D eigenvalue weighted by Crippen LogP contribution is -2.37.